The maximum atomic E-state index is 13.6. The molecule has 0 bridgehead atoms. The highest BCUT2D eigenvalue weighted by atomic mass is 19.1. The van der Waals surface area contributed by atoms with Crippen LogP contribution in [0, 0.1) is 11.2 Å². The Morgan fingerprint density at radius 2 is 1.91 bits per heavy atom. The maximum absolute atomic E-state index is 13.6. The number of likely N-dealkylation sites (tertiary alicyclic amines) is 2. The fourth-order valence-electron chi connectivity index (χ4n) is 6.41. The van der Waals surface area contributed by atoms with Gasteiger partial charge in [-0.15, -0.1) is 0 Å². The van der Waals surface area contributed by atoms with Crippen LogP contribution in [-0.4, -0.2) is 66.2 Å². The van der Waals surface area contributed by atoms with Gasteiger partial charge in [-0.2, -0.15) is 0 Å². The molecule has 6 heteroatoms. The van der Waals surface area contributed by atoms with E-state index in [-0.39, 0.29) is 22.9 Å². The molecule has 3 aliphatic heterocycles. The quantitative estimate of drug-likeness (QED) is 0.690. The summed E-state index contributed by atoms with van der Waals surface area (Å²) in [6, 6.07) is 7.03. The smallest absolute Gasteiger partial charge is 0.228 e. The summed E-state index contributed by atoms with van der Waals surface area (Å²) in [5.74, 6) is 0.555. The van der Waals surface area contributed by atoms with E-state index >= 15 is 0 Å². The third kappa shape index (κ3) is 4.54. The van der Waals surface area contributed by atoms with Crippen molar-refractivity contribution in [3.63, 3.8) is 0 Å². The van der Waals surface area contributed by atoms with Crippen molar-refractivity contribution in [1.82, 2.24) is 9.80 Å². The molecule has 32 heavy (non-hydrogen) atoms. The van der Waals surface area contributed by atoms with E-state index in [0.717, 1.165) is 57.8 Å². The van der Waals surface area contributed by atoms with Crippen LogP contribution in [0.5, 0.6) is 5.75 Å². The van der Waals surface area contributed by atoms with Crippen LogP contribution >= 0.6 is 0 Å². The number of amides is 1. The monoisotopic (exact) mass is 444 g/mol. The number of hydrogen-bond acceptors (Lipinski definition) is 4. The zero-order chi connectivity index (χ0) is 22.2. The highest BCUT2D eigenvalue weighted by Crippen LogP contribution is 2.40. The van der Waals surface area contributed by atoms with E-state index in [2.05, 4.69) is 16.7 Å². The van der Waals surface area contributed by atoms with Gasteiger partial charge in [-0.25, -0.2) is 4.39 Å². The molecule has 1 aromatic rings. The number of hydrogen-bond donors (Lipinski definition) is 0. The number of carbonyl (C=O) groups excluding carboxylic acids is 1. The first-order valence-electron chi connectivity index (χ1n) is 12.5. The highest BCUT2D eigenvalue weighted by molar-refractivity contribution is 5.82. The Labute approximate surface area is 191 Å². The van der Waals surface area contributed by atoms with Crippen molar-refractivity contribution in [2.45, 2.75) is 82.5 Å². The van der Waals surface area contributed by atoms with E-state index < -0.39 is 0 Å². The Balaban J connectivity index is 1.18. The molecule has 1 amide bonds. The number of ether oxygens (including phenoxy) is 2. The lowest BCUT2D eigenvalue weighted by Gasteiger charge is -2.46. The lowest BCUT2D eigenvalue weighted by atomic mass is 9.77. The molecule has 4 aliphatic rings. The first kappa shape index (κ1) is 22.1. The third-order valence-electron chi connectivity index (χ3n) is 8.36. The summed E-state index contributed by atoms with van der Waals surface area (Å²) in [6.07, 6.45) is 9.85. The first-order chi connectivity index (χ1) is 15.4. The van der Waals surface area contributed by atoms with E-state index in [9.17, 15) is 9.18 Å². The normalized spacial score (nSPS) is 31.3. The summed E-state index contributed by atoms with van der Waals surface area (Å²) in [6.45, 7) is 6.23. The third-order valence-corrected chi connectivity index (χ3v) is 8.36. The SMILES string of the molecule is CC1(C(=O)N2CCC[C@]3(C[C@@H](Oc4cccc(F)c4)CO3)C2)CCN(C2CCCC2)CC1. The number of carbonyl (C=O) groups is 1. The van der Waals surface area contributed by atoms with Gasteiger partial charge in [-0.05, 0) is 63.7 Å². The molecule has 1 saturated carbocycles. The molecule has 3 saturated heterocycles. The summed E-state index contributed by atoms with van der Waals surface area (Å²) in [5.41, 5.74) is -0.587. The van der Waals surface area contributed by atoms with Gasteiger partial charge < -0.3 is 19.3 Å². The van der Waals surface area contributed by atoms with E-state index in [1.54, 1.807) is 12.1 Å². The van der Waals surface area contributed by atoms with E-state index in [1.807, 2.05) is 0 Å². The van der Waals surface area contributed by atoms with Crippen LogP contribution in [-0.2, 0) is 9.53 Å². The minimum Gasteiger partial charge on any atom is -0.488 e. The second-order valence-electron chi connectivity index (χ2n) is 10.8. The maximum Gasteiger partial charge on any atom is 0.228 e. The van der Waals surface area contributed by atoms with Crippen LogP contribution in [0.15, 0.2) is 24.3 Å². The molecule has 0 radical (unpaired) electrons. The lowest BCUT2D eigenvalue weighted by Crippen LogP contribution is -2.56. The van der Waals surface area contributed by atoms with Crippen LogP contribution in [0.4, 0.5) is 4.39 Å². The molecule has 5 rings (SSSR count). The van der Waals surface area contributed by atoms with Gasteiger partial charge in [-0.1, -0.05) is 25.8 Å². The summed E-state index contributed by atoms with van der Waals surface area (Å²) < 4.78 is 25.8. The second kappa shape index (κ2) is 8.94. The molecule has 0 unspecified atom stereocenters. The Bertz CT molecular complexity index is 819. The zero-order valence-corrected chi connectivity index (χ0v) is 19.4. The standard InChI is InChI=1S/C26H37FN2O3/c1-25(11-14-28(15-12-25)21-7-2-3-8-21)24(30)29-13-5-10-26(19-29)17-23(18-31-26)32-22-9-4-6-20(27)16-22/h4,6,9,16,21,23H,2-3,5,7-8,10-15,17-19H2,1H3/t23-,26+/m1/s1. The average molecular weight is 445 g/mol. The van der Waals surface area contributed by atoms with Gasteiger partial charge in [0.2, 0.25) is 5.91 Å². The van der Waals surface area contributed by atoms with Gasteiger partial charge in [0, 0.05) is 37.0 Å². The Morgan fingerprint density at radius 1 is 1.12 bits per heavy atom. The van der Waals surface area contributed by atoms with Gasteiger partial charge in [0.15, 0.2) is 0 Å². The van der Waals surface area contributed by atoms with Crippen molar-refractivity contribution in [3.05, 3.63) is 30.1 Å². The van der Waals surface area contributed by atoms with E-state index in [0.29, 0.717) is 24.8 Å². The fourth-order valence-corrected chi connectivity index (χ4v) is 6.41. The summed E-state index contributed by atoms with van der Waals surface area (Å²) in [7, 11) is 0. The van der Waals surface area contributed by atoms with Gasteiger partial charge >= 0.3 is 0 Å². The van der Waals surface area contributed by atoms with Crippen LogP contribution < -0.4 is 4.74 Å². The van der Waals surface area contributed by atoms with Gasteiger partial charge in [0.05, 0.1) is 12.2 Å². The van der Waals surface area contributed by atoms with Crippen molar-refractivity contribution in [3.8, 4) is 5.75 Å². The summed E-state index contributed by atoms with van der Waals surface area (Å²) >= 11 is 0. The first-order valence-corrected chi connectivity index (χ1v) is 12.5. The molecule has 2 atom stereocenters. The van der Waals surface area contributed by atoms with Crippen molar-refractivity contribution < 1.29 is 18.7 Å². The van der Waals surface area contributed by atoms with Crippen LogP contribution in [0.2, 0.25) is 0 Å². The Kier molecular flexibility index (Phi) is 6.19. The van der Waals surface area contributed by atoms with Crippen molar-refractivity contribution >= 4 is 5.91 Å². The number of piperidine rings is 2. The molecule has 176 valence electrons. The molecule has 1 aliphatic carbocycles. The molecule has 0 aromatic heterocycles. The van der Waals surface area contributed by atoms with Crippen LogP contribution in [0.25, 0.3) is 0 Å². The van der Waals surface area contributed by atoms with Crippen LogP contribution in [0.3, 0.4) is 0 Å². The number of benzene rings is 1. The molecule has 5 nitrogen and oxygen atoms in total. The van der Waals surface area contributed by atoms with Gasteiger partial charge in [-0.3, -0.25) is 4.79 Å². The molecule has 0 N–H and O–H groups in total. The Hall–Kier alpha value is -1.66. The fraction of sp³-hybridized carbons (Fsp3) is 0.731. The average Bonchev–Trinajstić information content (AvgIpc) is 3.45. The summed E-state index contributed by atoms with van der Waals surface area (Å²) in [4.78, 5) is 18.3. The Morgan fingerprint density at radius 3 is 2.66 bits per heavy atom. The van der Waals surface area contributed by atoms with Crippen molar-refractivity contribution in [1.29, 1.82) is 0 Å². The molecule has 1 aromatic carbocycles. The predicted octanol–water partition coefficient (Wildman–Crippen LogP) is 4.40. The minimum atomic E-state index is -0.327. The number of rotatable bonds is 4. The molecular weight excluding hydrogens is 407 g/mol. The summed E-state index contributed by atoms with van der Waals surface area (Å²) in [5, 5.41) is 0. The second-order valence-corrected chi connectivity index (χ2v) is 10.8. The number of nitrogens with zero attached hydrogens (tertiary/aromatic N) is 2. The molecule has 3 heterocycles. The van der Waals surface area contributed by atoms with Gasteiger partial charge in [0.1, 0.15) is 17.7 Å². The molecular formula is C26H37FN2O3. The topological polar surface area (TPSA) is 42.0 Å². The highest BCUT2D eigenvalue weighted by Gasteiger charge is 2.48. The molecule has 4 fully saturated rings. The van der Waals surface area contributed by atoms with E-state index in [4.69, 9.17) is 9.47 Å². The van der Waals surface area contributed by atoms with Crippen LogP contribution in [0.1, 0.15) is 64.7 Å². The van der Waals surface area contributed by atoms with E-state index in [1.165, 1.54) is 37.8 Å². The zero-order valence-electron chi connectivity index (χ0n) is 19.4. The lowest BCUT2D eigenvalue weighted by molar-refractivity contribution is -0.152. The van der Waals surface area contributed by atoms with Crippen molar-refractivity contribution in [2.75, 3.05) is 32.8 Å². The predicted molar refractivity (Wildman–Crippen MR) is 121 cm³/mol. The molecule has 1 spiro atoms. The minimum absolute atomic E-state index is 0.0999. The number of halogens is 1. The largest absolute Gasteiger partial charge is 0.488 e. The van der Waals surface area contributed by atoms with Gasteiger partial charge in [0.25, 0.3) is 0 Å². The van der Waals surface area contributed by atoms with Crippen molar-refractivity contribution in [2.24, 2.45) is 5.41 Å².